The topological polar surface area (TPSA) is 92.5 Å². The van der Waals surface area contributed by atoms with Crippen LogP contribution in [0.4, 0.5) is 16.2 Å². The van der Waals surface area contributed by atoms with E-state index in [4.69, 9.17) is 5.73 Å². The molecule has 1 aliphatic carbocycles. The molecule has 1 saturated carbocycles. The van der Waals surface area contributed by atoms with E-state index in [0.717, 1.165) is 28.2 Å². The normalized spacial score (nSPS) is 15.0. The van der Waals surface area contributed by atoms with Gasteiger partial charge in [0.15, 0.2) is 0 Å². The number of hydrogen-bond acceptors (Lipinski definition) is 5. The second-order valence-corrected chi connectivity index (χ2v) is 6.79. The smallest absolute Gasteiger partial charge is 0.225 e. The van der Waals surface area contributed by atoms with E-state index in [2.05, 4.69) is 25.5 Å². The van der Waals surface area contributed by atoms with Crippen LogP contribution in [0.15, 0.2) is 30.3 Å². The molecular weight excluding hydrogens is 331 g/mol. The molecule has 134 valence electrons. The molecule has 1 aliphatic rings. The minimum Gasteiger partial charge on any atom is -0.383 e. The van der Waals surface area contributed by atoms with Crippen molar-refractivity contribution in [3.05, 3.63) is 53.1 Å². The monoisotopic (exact) mass is 352 g/mol. The number of nitrogens with two attached hydrogens (primary N) is 1. The standard InChI is InChI=1S/C19H21FN6/c1-10(12-5-7-14(20)8-6-12)22-19-23-11(2)17(18(21)24-19)16-9-15(25-26-16)13-3-4-13/h5-10,13H,3-4H2,1-2H3,(H,25,26)(H3,21,22,23,24)/t10-/m0/s1. The molecule has 1 fully saturated rings. The van der Waals surface area contributed by atoms with Crippen LogP contribution in [-0.4, -0.2) is 20.2 Å². The van der Waals surface area contributed by atoms with Crippen molar-refractivity contribution in [1.82, 2.24) is 20.2 Å². The van der Waals surface area contributed by atoms with Gasteiger partial charge in [0.2, 0.25) is 5.95 Å². The quantitative estimate of drug-likeness (QED) is 0.647. The summed E-state index contributed by atoms with van der Waals surface area (Å²) in [5, 5.41) is 10.6. The number of nitrogens with zero attached hydrogens (tertiary/aromatic N) is 3. The van der Waals surface area contributed by atoms with Crippen molar-refractivity contribution in [2.45, 2.75) is 38.6 Å². The maximum Gasteiger partial charge on any atom is 0.225 e. The average molecular weight is 352 g/mol. The zero-order chi connectivity index (χ0) is 18.3. The molecule has 0 spiro atoms. The van der Waals surface area contributed by atoms with E-state index in [1.54, 1.807) is 12.1 Å². The highest BCUT2D eigenvalue weighted by atomic mass is 19.1. The molecule has 7 heteroatoms. The van der Waals surface area contributed by atoms with E-state index < -0.39 is 0 Å². The van der Waals surface area contributed by atoms with Gasteiger partial charge >= 0.3 is 0 Å². The summed E-state index contributed by atoms with van der Waals surface area (Å²) in [6, 6.07) is 8.31. The first-order valence-electron chi connectivity index (χ1n) is 8.73. The lowest BCUT2D eigenvalue weighted by Crippen LogP contribution is -2.12. The summed E-state index contributed by atoms with van der Waals surface area (Å²) in [5.74, 6) is 1.16. The van der Waals surface area contributed by atoms with E-state index in [9.17, 15) is 4.39 Å². The van der Waals surface area contributed by atoms with Crippen molar-refractivity contribution in [2.75, 3.05) is 11.1 Å². The van der Waals surface area contributed by atoms with Crippen LogP contribution in [0.1, 0.15) is 48.7 Å². The Morgan fingerprint density at radius 3 is 2.62 bits per heavy atom. The Kier molecular flexibility index (Phi) is 4.06. The molecule has 3 aromatic rings. The molecule has 4 rings (SSSR count). The van der Waals surface area contributed by atoms with Crippen LogP contribution < -0.4 is 11.1 Å². The summed E-state index contributed by atoms with van der Waals surface area (Å²) in [5.41, 5.74) is 10.6. The molecule has 0 aliphatic heterocycles. The fourth-order valence-corrected chi connectivity index (χ4v) is 3.07. The average Bonchev–Trinajstić information content (AvgIpc) is 3.34. The molecule has 1 aromatic carbocycles. The van der Waals surface area contributed by atoms with E-state index in [1.165, 1.54) is 25.0 Å². The lowest BCUT2D eigenvalue weighted by atomic mass is 10.1. The molecule has 0 radical (unpaired) electrons. The molecule has 0 unspecified atom stereocenters. The first-order chi connectivity index (χ1) is 12.5. The third-order valence-corrected chi connectivity index (χ3v) is 4.70. The Morgan fingerprint density at radius 1 is 1.23 bits per heavy atom. The Hall–Kier alpha value is -2.96. The number of nitrogen functional groups attached to an aromatic ring is 1. The summed E-state index contributed by atoms with van der Waals surface area (Å²) in [6.45, 7) is 3.87. The molecule has 2 aromatic heterocycles. The number of aromatic amines is 1. The van der Waals surface area contributed by atoms with Gasteiger partial charge in [-0.25, -0.2) is 9.37 Å². The van der Waals surface area contributed by atoms with Crippen LogP contribution in [0.25, 0.3) is 11.3 Å². The number of halogens is 1. The highest BCUT2D eigenvalue weighted by Gasteiger charge is 2.27. The van der Waals surface area contributed by atoms with Crippen LogP contribution in [0.3, 0.4) is 0 Å². The van der Waals surface area contributed by atoms with E-state index in [-0.39, 0.29) is 11.9 Å². The lowest BCUT2D eigenvalue weighted by molar-refractivity contribution is 0.626. The minimum atomic E-state index is -0.258. The summed E-state index contributed by atoms with van der Waals surface area (Å²) in [6.07, 6.45) is 2.39. The molecule has 4 N–H and O–H groups in total. The fourth-order valence-electron chi connectivity index (χ4n) is 3.07. The van der Waals surface area contributed by atoms with Crippen molar-refractivity contribution in [2.24, 2.45) is 0 Å². The number of rotatable bonds is 5. The second-order valence-electron chi connectivity index (χ2n) is 6.79. The predicted molar refractivity (Wildman–Crippen MR) is 99.2 cm³/mol. The number of anilines is 2. The van der Waals surface area contributed by atoms with Crippen LogP contribution in [0, 0.1) is 12.7 Å². The predicted octanol–water partition coefficient (Wildman–Crippen LogP) is 3.95. The van der Waals surface area contributed by atoms with Gasteiger partial charge < -0.3 is 11.1 Å². The van der Waals surface area contributed by atoms with Gasteiger partial charge in [-0.2, -0.15) is 10.1 Å². The van der Waals surface area contributed by atoms with Gasteiger partial charge in [0, 0.05) is 5.92 Å². The molecule has 1 atom stereocenters. The third kappa shape index (κ3) is 3.24. The summed E-state index contributed by atoms with van der Waals surface area (Å²) in [4.78, 5) is 8.94. The zero-order valence-electron chi connectivity index (χ0n) is 14.8. The Bertz CT molecular complexity index is 906. The summed E-state index contributed by atoms with van der Waals surface area (Å²) in [7, 11) is 0. The second kappa shape index (κ2) is 6.40. The number of aryl methyl sites for hydroxylation is 1. The largest absolute Gasteiger partial charge is 0.383 e. The first kappa shape index (κ1) is 16.5. The van der Waals surface area contributed by atoms with Crippen molar-refractivity contribution in [3.63, 3.8) is 0 Å². The van der Waals surface area contributed by atoms with Gasteiger partial charge in [-0.15, -0.1) is 0 Å². The van der Waals surface area contributed by atoms with E-state index in [0.29, 0.717) is 17.7 Å². The molecular formula is C19H21FN6. The van der Waals surface area contributed by atoms with Gasteiger partial charge in [0.1, 0.15) is 11.6 Å². The molecule has 0 saturated heterocycles. The Morgan fingerprint density at radius 2 is 1.96 bits per heavy atom. The van der Waals surface area contributed by atoms with Crippen LogP contribution >= 0.6 is 0 Å². The number of nitrogens with one attached hydrogen (secondary N) is 2. The third-order valence-electron chi connectivity index (χ3n) is 4.70. The number of aromatic nitrogens is 4. The van der Waals surface area contributed by atoms with Crippen LogP contribution in [0.5, 0.6) is 0 Å². The first-order valence-corrected chi connectivity index (χ1v) is 8.73. The van der Waals surface area contributed by atoms with Crippen molar-refractivity contribution < 1.29 is 4.39 Å². The number of benzene rings is 1. The summed E-state index contributed by atoms with van der Waals surface area (Å²) < 4.78 is 13.1. The van der Waals surface area contributed by atoms with Gasteiger partial charge in [-0.05, 0) is 50.5 Å². The van der Waals surface area contributed by atoms with Crippen LogP contribution in [0.2, 0.25) is 0 Å². The van der Waals surface area contributed by atoms with E-state index in [1.807, 2.05) is 19.9 Å². The minimum absolute atomic E-state index is 0.0751. The zero-order valence-corrected chi connectivity index (χ0v) is 14.8. The van der Waals surface area contributed by atoms with Crippen molar-refractivity contribution in [3.8, 4) is 11.3 Å². The van der Waals surface area contributed by atoms with Gasteiger partial charge in [-0.3, -0.25) is 5.10 Å². The van der Waals surface area contributed by atoms with Crippen LogP contribution in [-0.2, 0) is 0 Å². The number of H-pyrrole nitrogens is 1. The van der Waals surface area contributed by atoms with Crippen molar-refractivity contribution >= 4 is 11.8 Å². The fraction of sp³-hybridized carbons (Fsp3) is 0.316. The Labute approximate surface area is 151 Å². The van der Waals surface area contributed by atoms with Gasteiger partial charge in [0.05, 0.1) is 28.7 Å². The molecule has 26 heavy (non-hydrogen) atoms. The summed E-state index contributed by atoms with van der Waals surface area (Å²) >= 11 is 0. The Balaban J connectivity index is 1.57. The number of hydrogen-bond donors (Lipinski definition) is 3. The maximum absolute atomic E-state index is 13.1. The van der Waals surface area contributed by atoms with Crippen molar-refractivity contribution in [1.29, 1.82) is 0 Å². The van der Waals surface area contributed by atoms with E-state index >= 15 is 0 Å². The SMILES string of the molecule is Cc1nc(N[C@@H](C)c2ccc(F)cc2)nc(N)c1-c1cc(C2CC2)n[nH]1. The maximum atomic E-state index is 13.1. The van der Waals surface area contributed by atoms with Gasteiger partial charge in [0.25, 0.3) is 0 Å². The highest BCUT2D eigenvalue weighted by molar-refractivity contribution is 5.74. The van der Waals surface area contributed by atoms with Gasteiger partial charge in [-0.1, -0.05) is 12.1 Å². The highest BCUT2D eigenvalue weighted by Crippen LogP contribution is 2.40. The molecule has 6 nitrogen and oxygen atoms in total. The lowest BCUT2D eigenvalue weighted by Gasteiger charge is -2.16. The molecule has 0 bridgehead atoms. The molecule has 0 amide bonds. The molecule has 2 heterocycles.